The van der Waals surface area contributed by atoms with Crippen LogP contribution in [0.25, 0.3) is 0 Å². The van der Waals surface area contributed by atoms with Crippen molar-refractivity contribution in [1.82, 2.24) is 25.7 Å². The van der Waals surface area contributed by atoms with Gasteiger partial charge in [0.25, 0.3) is 5.91 Å². The Bertz CT molecular complexity index is 1100. The number of nitrogens with zero attached hydrogens (tertiary/aromatic N) is 3. The summed E-state index contributed by atoms with van der Waals surface area (Å²) in [5.41, 5.74) is 3.45. The third kappa shape index (κ3) is 8.50. The smallest absolute Gasteiger partial charge is 0.251 e. The monoisotopic (exact) mass is 575 g/mol. The molecule has 0 saturated carbocycles. The molecule has 1 aromatic heterocycles. The van der Waals surface area contributed by atoms with Crippen molar-refractivity contribution in [1.29, 1.82) is 0 Å². The van der Waals surface area contributed by atoms with Gasteiger partial charge in [-0.1, -0.05) is 24.3 Å². The number of rotatable bonds is 9. The Balaban J connectivity index is 0.00000408. The lowest BCUT2D eigenvalue weighted by atomic mass is 10.1. The van der Waals surface area contributed by atoms with Crippen molar-refractivity contribution >= 4 is 47.4 Å². The van der Waals surface area contributed by atoms with Crippen molar-refractivity contribution in [3.63, 3.8) is 0 Å². The van der Waals surface area contributed by atoms with Gasteiger partial charge in [0, 0.05) is 50.8 Å². The second-order valence-corrected chi connectivity index (χ2v) is 7.33. The zero-order valence-corrected chi connectivity index (χ0v) is 21.6. The molecule has 0 aliphatic carbocycles. The zero-order chi connectivity index (χ0) is 23.5. The molecule has 34 heavy (non-hydrogen) atoms. The van der Waals surface area contributed by atoms with E-state index >= 15 is 0 Å². The number of anilines is 1. The summed E-state index contributed by atoms with van der Waals surface area (Å²) in [7, 11) is 3.34. The van der Waals surface area contributed by atoms with Crippen molar-refractivity contribution < 1.29 is 9.59 Å². The van der Waals surface area contributed by atoms with Gasteiger partial charge in [-0.15, -0.1) is 24.0 Å². The Hall–Kier alpha value is -3.41. The van der Waals surface area contributed by atoms with Gasteiger partial charge in [-0.2, -0.15) is 5.10 Å². The Morgan fingerprint density at radius 2 is 1.82 bits per heavy atom. The van der Waals surface area contributed by atoms with Crippen LogP contribution in [0.3, 0.4) is 0 Å². The van der Waals surface area contributed by atoms with Gasteiger partial charge >= 0.3 is 0 Å². The minimum absolute atomic E-state index is 0. The minimum atomic E-state index is -0.137. The molecule has 10 heteroatoms. The molecular formula is C24H30IN7O2. The summed E-state index contributed by atoms with van der Waals surface area (Å²) in [6, 6.07) is 17.0. The van der Waals surface area contributed by atoms with Crippen molar-refractivity contribution in [2.75, 3.05) is 26.0 Å². The van der Waals surface area contributed by atoms with E-state index in [1.807, 2.05) is 42.5 Å². The van der Waals surface area contributed by atoms with Crippen LogP contribution in [0, 0.1) is 0 Å². The number of hydrogen-bond donors (Lipinski definition) is 4. The summed E-state index contributed by atoms with van der Waals surface area (Å²) in [5, 5.41) is 16.1. The number of aliphatic imine (C=N–C) groups is 1. The van der Waals surface area contributed by atoms with Crippen LogP contribution in [0.15, 0.2) is 72.0 Å². The lowest BCUT2D eigenvalue weighted by molar-refractivity contribution is -0.116. The molecule has 180 valence electrons. The topological polar surface area (TPSA) is 112 Å². The number of halogens is 1. The summed E-state index contributed by atoms with van der Waals surface area (Å²) in [5.74, 6) is 0.439. The van der Waals surface area contributed by atoms with Crippen LogP contribution < -0.4 is 21.3 Å². The predicted molar refractivity (Wildman–Crippen MR) is 144 cm³/mol. The van der Waals surface area contributed by atoms with E-state index in [-0.39, 0.29) is 42.3 Å². The van der Waals surface area contributed by atoms with Gasteiger partial charge in [0.05, 0.1) is 0 Å². The second-order valence-electron chi connectivity index (χ2n) is 7.33. The van der Waals surface area contributed by atoms with Crippen LogP contribution >= 0.6 is 24.0 Å². The number of guanidine groups is 1. The van der Waals surface area contributed by atoms with Crippen LogP contribution in [-0.2, 0) is 24.3 Å². The quantitative estimate of drug-likeness (QED) is 0.178. The first-order valence-corrected chi connectivity index (χ1v) is 10.7. The Labute approximate surface area is 216 Å². The number of carbonyl (C=O) groups excluding carboxylic acids is 2. The predicted octanol–water partition coefficient (Wildman–Crippen LogP) is 2.41. The highest BCUT2D eigenvalue weighted by molar-refractivity contribution is 14.0. The van der Waals surface area contributed by atoms with Crippen molar-refractivity contribution in [2.24, 2.45) is 4.99 Å². The zero-order valence-electron chi connectivity index (χ0n) is 19.2. The van der Waals surface area contributed by atoms with E-state index in [2.05, 4.69) is 31.4 Å². The number of aromatic nitrogens is 2. The molecule has 3 aromatic rings. The average molecular weight is 575 g/mol. The molecule has 0 fully saturated rings. The normalized spacial score (nSPS) is 10.7. The number of amides is 2. The number of nitrogens with one attached hydrogen (secondary N) is 4. The third-order valence-corrected chi connectivity index (χ3v) is 4.88. The van der Waals surface area contributed by atoms with Crippen LogP contribution in [0.5, 0.6) is 0 Å². The standard InChI is InChI=1S/C24H29N7O2.HI/c1-25-23(33)20-8-3-6-18(14-20)10-12-27-24(26-2)28-16-19-7-4-9-21(15-19)30-22(32)17-31-13-5-11-29-31;/h3-9,11,13-15H,10,12,16-17H2,1-2H3,(H,25,33)(H,30,32)(H2,26,27,28);1H. The lowest BCUT2D eigenvalue weighted by Crippen LogP contribution is -2.37. The van der Waals surface area contributed by atoms with E-state index in [4.69, 9.17) is 0 Å². The first kappa shape index (κ1) is 26.8. The third-order valence-electron chi connectivity index (χ3n) is 4.88. The molecule has 0 atom stereocenters. The molecule has 1 heterocycles. The average Bonchev–Trinajstić information content (AvgIpc) is 3.34. The van der Waals surface area contributed by atoms with Gasteiger partial charge < -0.3 is 21.3 Å². The molecule has 0 aliphatic rings. The fraction of sp³-hybridized carbons (Fsp3) is 0.250. The highest BCUT2D eigenvalue weighted by Gasteiger charge is 2.06. The van der Waals surface area contributed by atoms with E-state index in [9.17, 15) is 9.59 Å². The number of carbonyl (C=O) groups is 2. The Morgan fingerprint density at radius 3 is 2.56 bits per heavy atom. The molecule has 0 radical (unpaired) electrons. The second kappa shape index (κ2) is 14.0. The van der Waals surface area contributed by atoms with Gasteiger partial charge in [0.15, 0.2) is 5.96 Å². The molecule has 0 unspecified atom stereocenters. The molecule has 0 saturated heterocycles. The summed E-state index contributed by atoms with van der Waals surface area (Å²) in [4.78, 5) is 28.2. The maximum Gasteiger partial charge on any atom is 0.251 e. The van der Waals surface area contributed by atoms with Crippen molar-refractivity contribution in [3.05, 3.63) is 83.7 Å². The fourth-order valence-electron chi connectivity index (χ4n) is 3.24. The SMILES string of the molecule is CN=C(NCCc1cccc(C(=O)NC)c1)NCc1cccc(NC(=O)Cn2cccn2)c1.I. The number of benzene rings is 2. The highest BCUT2D eigenvalue weighted by Crippen LogP contribution is 2.11. The van der Waals surface area contributed by atoms with Gasteiger partial charge in [0.2, 0.25) is 5.91 Å². The van der Waals surface area contributed by atoms with E-state index < -0.39 is 0 Å². The largest absolute Gasteiger partial charge is 0.356 e. The van der Waals surface area contributed by atoms with Crippen LogP contribution in [0.2, 0.25) is 0 Å². The first-order chi connectivity index (χ1) is 16.1. The molecule has 3 rings (SSSR count). The molecule has 0 bridgehead atoms. The van der Waals surface area contributed by atoms with E-state index in [0.717, 1.165) is 23.2 Å². The fourth-order valence-corrected chi connectivity index (χ4v) is 3.24. The Kier molecular flexibility index (Phi) is 11.0. The van der Waals surface area contributed by atoms with E-state index in [1.165, 1.54) is 0 Å². The lowest BCUT2D eigenvalue weighted by Gasteiger charge is -2.13. The van der Waals surface area contributed by atoms with Crippen LogP contribution in [-0.4, -0.2) is 48.2 Å². The number of hydrogen-bond acceptors (Lipinski definition) is 4. The van der Waals surface area contributed by atoms with E-state index in [1.54, 1.807) is 43.3 Å². The summed E-state index contributed by atoms with van der Waals surface area (Å²) < 4.78 is 1.57. The molecular weight excluding hydrogens is 545 g/mol. The molecule has 2 amide bonds. The van der Waals surface area contributed by atoms with Crippen LogP contribution in [0.4, 0.5) is 5.69 Å². The van der Waals surface area contributed by atoms with E-state index in [0.29, 0.717) is 24.6 Å². The first-order valence-electron chi connectivity index (χ1n) is 10.7. The summed E-state index contributed by atoms with van der Waals surface area (Å²) >= 11 is 0. The van der Waals surface area contributed by atoms with Gasteiger partial charge in [-0.25, -0.2) is 0 Å². The van der Waals surface area contributed by atoms with Gasteiger partial charge in [-0.3, -0.25) is 19.3 Å². The molecule has 0 aliphatic heterocycles. The molecule has 4 N–H and O–H groups in total. The Morgan fingerprint density at radius 1 is 1.03 bits per heavy atom. The van der Waals surface area contributed by atoms with Gasteiger partial charge in [0.1, 0.15) is 6.54 Å². The summed E-state index contributed by atoms with van der Waals surface area (Å²) in [6.45, 7) is 1.38. The maximum atomic E-state index is 12.2. The van der Waals surface area contributed by atoms with Crippen molar-refractivity contribution in [2.45, 2.75) is 19.5 Å². The molecule has 2 aromatic carbocycles. The van der Waals surface area contributed by atoms with Gasteiger partial charge in [-0.05, 0) is 47.9 Å². The van der Waals surface area contributed by atoms with Crippen LogP contribution in [0.1, 0.15) is 21.5 Å². The highest BCUT2D eigenvalue weighted by atomic mass is 127. The maximum absolute atomic E-state index is 12.2. The molecule has 0 spiro atoms. The summed E-state index contributed by atoms with van der Waals surface area (Å²) in [6.07, 6.45) is 4.14. The van der Waals surface area contributed by atoms with Crippen molar-refractivity contribution in [3.8, 4) is 0 Å². The molecule has 9 nitrogen and oxygen atoms in total. The minimum Gasteiger partial charge on any atom is -0.356 e.